The summed E-state index contributed by atoms with van der Waals surface area (Å²) in [5, 5.41) is 8.82. The number of ether oxygens (including phenoxy) is 2. The minimum absolute atomic E-state index is 0.303. The number of nitriles is 1. The van der Waals surface area contributed by atoms with Gasteiger partial charge in [0.2, 0.25) is 5.82 Å². The van der Waals surface area contributed by atoms with E-state index in [9.17, 15) is 0 Å². The fraction of sp³-hybridized carbons (Fsp3) is 0.231. The molecule has 0 unspecified atom stereocenters. The zero-order valence-electron chi connectivity index (χ0n) is 10.4. The number of benzene rings is 1. The summed E-state index contributed by atoms with van der Waals surface area (Å²) in [4.78, 5) is 7.13. The van der Waals surface area contributed by atoms with Crippen molar-refractivity contribution in [2.24, 2.45) is 0 Å². The second-order valence-electron chi connectivity index (χ2n) is 3.74. The Morgan fingerprint density at radius 2 is 1.94 bits per heavy atom. The molecule has 1 aromatic heterocycles. The second-order valence-corrected chi connectivity index (χ2v) is 3.74. The molecule has 1 heterocycles. The third kappa shape index (κ3) is 2.00. The first-order valence-electron chi connectivity index (χ1n) is 5.38. The molecule has 0 aliphatic rings. The smallest absolute Gasteiger partial charge is 0.210 e. The van der Waals surface area contributed by atoms with Crippen LogP contribution < -0.4 is 9.47 Å². The molecular weight excluding hydrogens is 230 g/mol. The molecular formula is C13H13N3O2. The van der Waals surface area contributed by atoms with E-state index < -0.39 is 0 Å². The summed E-state index contributed by atoms with van der Waals surface area (Å²) in [5.41, 5.74) is 2.47. The Morgan fingerprint density at radius 3 is 2.50 bits per heavy atom. The van der Waals surface area contributed by atoms with Crippen LogP contribution in [0.3, 0.4) is 0 Å². The number of aromatic nitrogens is 2. The molecule has 0 fully saturated rings. The lowest BCUT2D eigenvalue weighted by Gasteiger charge is -2.08. The van der Waals surface area contributed by atoms with Crippen LogP contribution in [0, 0.1) is 18.3 Å². The van der Waals surface area contributed by atoms with Gasteiger partial charge < -0.3 is 14.5 Å². The Hall–Kier alpha value is -2.48. The minimum atomic E-state index is 0.303. The maximum atomic E-state index is 8.82. The molecule has 1 aromatic carbocycles. The number of aromatic amines is 1. The van der Waals surface area contributed by atoms with Gasteiger partial charge in [-0.3, -0.25) is 0 Å². The first kappa shape index (κ1) is 12.0. The van der Waals surface area contributed by atoms with Crippen molar-refractivity contribution in [2.75, 3.05) is 14.2 Å². The first-order valence-corrected chi connectivity index (χ1v) is 5.38. The van der Waals surface area contributed by atoms with Gasteiger partial charge in [-0.15, -0.1) is 0 Å². The topological polar surface area (TPSA) is 70.9 Å². The van der Waals surface area contributed by atoms with E-state index in [1.807, 2.05) is 31.2 Å². The SMILES string of the molecule is COc1ccc(-c2nc(C#N)[nH]c2C)cc1OC. The van der Waals surface area contributed by atoms with E-state index in [-0.39, 0.29) is 0 Å². The predicted octanol–water partition coefficient (Wildman–Crippen LogP) is 2.27. The Kier molecular flexibility index (Phi) is 3.20. The number of aryl methyl sites for hydroxylation is 1. The summed E-state index contributed by atoms with van der Waals surface area (Å²) in [5.74, 6) is 1.60. The number of methoxy groups -OCH3 is 2. The van der Waals surface area contributed by atoms with Crippen LogP contribution in [0.5, 0.6) is 11.5 Å². The summed E-state index contributed by atoms with van der Waals surface area (Å²) in [6.07, 6.45) is 0. The van der Waals surface area contributed by atoms with Gasteiger partial charge in [0.1, 0.15) is 6.07 Å². The fourth-order valence-electron chi connectivity index (χ4n) is 1.78. The lowest BCUT2D eigenvalue weighted by Crippen LogP contribution is -1.91. The number of hydrogen-bond acceptors (Lipinski definition) is 4. The Bertz CT molecular complexity index is 611. The van der Waals surface area contributed by atoms with Crippen LogP contribution in [0.25, 0.3) is 11.3 Å². The van der Waals surface area contributed by atoms with E-state index in [4.69, 9.17) is 14.7 Å². The number of rotatable bonds is 3. The maximum Gasteiger partial charge on any atom is 0.210 e. The van der Waals surface area contributed by atoms with Gasteiger partial charge in [0.15, 0.2) is 11.5 Å². The van der Waals surface area contributed by atoms with Gasteiger partial charge in [-0.25, -0.2) is 4.98 Å². The zero-order chi connectivity index (χ0) is 13.1. The Balaban J connectivity index is 2.51. The lowest BCUT2D eigenvalue weighted by atomic mass is 10.1. The van der Waals surface area contributed by atoms with Crippen LogP contribution in [-0.4, -0.2) is 24.2 Å². The average molecular weight is 243 g/mol. The molecule has 0 radical (unpaired) electrons. The van der Waals surface area contributed by atoms with Crippen molar-refractivity contribution < 1.29 is 9.47 Å². The number of nitrogens with one attached hydrogen (secondary N) is 1. The quantitative estimate of drug-likeness (QED) is 0.897. The molecule has 0 spiro atoms. The standard InChI is InChI=1S/C13H13N3O2/c1-8-13(16-12(7-14)15-8)9-4-5-10(17-2)11(6-9)18-3/h4-6H,1-3H3,(H,15,16). The van der Waals surface area contributed by atoms with Crippen molar-refractivity contribution in [1.29, 1.82) is 5.26 Å². The van der Waals surface area contributed by atoms with Crippen LogP contribution in [0.2, 0.25) is 0 Å². The van der Waals surface area contributed by atoms with Crippen LogP contribution in [0.4, 0.5) is 0 Å². The zero-order valence-corrected chi connectivity index (χ0v) is 10.4. The number of H-pyrrole nitrogens is 1. The van der Waals surface area contributed by atoms with Gasteiger partial charge in [0.05, 0.1) is 19.9 Å². The van der Waals surface area contributed by atoms with Crippen LogP contribution in [0.15, 0.2) is 18.2 Å². The molecule has 0 aliphatic carbocycles. The van der Waals surface area contributed by atoms with Gasteiger partial charge in [0, 0.05) is 11.3 Å². The highest BCUT2D eigenvalue weighted by atomic mass is 16.5. The molecule has 92 valence electrons. The van der Waals surface area contributed by atoms with E-state index in [0.29, 0.717) is 17.3 Å². The molecule has 0 saturated heterocycles. The predicted molar refractivity (Wildman–Crippen MR) is 66.6 cm³/mol. The molecule has 1 N–H and O–H groups in total. The maximum absolute atomic E-state index is 8.82. The van der Waals surface area contributed by atoms with E-state index in [2.05, 4.69) is 9.97 Å². The number of hydrogen-bond donors (Lipinski definition) is 1. The minimum Gasteiger partial charge on any atom is -0.493 e. The largest absolute Gasteiger partial charge is 0.493 e. The van der Waals surface area contributed by atoms with Gasteiger partial charge in [-0.1, -0.05) is 0 Å². The van der Waals surface area contributed by atoms with Crippen molar-refractivity contribution >= 4 is 0 Å². The molecule has 2 rings (SSSR count). The molecule has 0 aliphatic heterocycles. The normalized spacial score (nSPS) is 9.89. The van der Waals surface area contributed by atoms with E-state index in [1.165, 1.54) is 0 Å². The molecule has 18 heavy (non-hydrogen) atoms. The van der Waals surface area contributed by atoms with E-state index in [1.54, 1.807) is 14.2 Å². The summed E-state index contributed by atoms with van der Waals surface area (Å²) in [6.45, 7) is 1.87. The van der Waals surface area contributed by atoms with E-state index >= 15 is 0 Å². The third-order valence-corrected chi connectivity index (χ3v) is 2.65. The van der Waals surface area contributed by atoms with Crippen molar-refractivity contribution in [3.63, 3.8) is 0 Å². The van der Waals surface area contributed by atoms with Gasteiger partial charge in [-0.05, 0) is 25.1 Å². The highest BCUT2D eigenvalue weighted by Gasteiger charge is 2.11. The Morgan fingerprint density at radius 1 is 1.22 bits per heavy atom. The summed E-state index contributed by atoms with van der Waals surface area (Å²) >= 11 is 0. The fourth-order valence-corrected chi connectivity index (χ4v) is 1.78. The summed E-state index contributed by atoms with van der Waals surface area (Å²) in [6, 6.07) is 7.52. The summed E-state index contributed by atoms with van der Waals surface area (Å²) in [7, 11) is 3.17. The monoisotopic (exact) mass is 243 g/mol. The molecule has 0 amide bonds. The third-order valence-electron chi connectivity index (χ3n) is 2.65. The van der Waals surface area contributed by atoms with Gasteiger partial charge in [-0.2, -0.15) is 5.26 Å². The molecule has 0 bridgehead atoms. The lowest BCUT2D eigenvalue weighted by molar-refractivity contribution is 0.355. The number of imidazole rings is 1. The molecule has 5 nitrogen and oxygen atoms in total. The van der Waals surface area contributed by atoms with Gasteiger partial charge >= 0.3 is 0 Å². The van der Waals surface area contributed by atoms with Crippen LogP contribution in [-0.2, 0) is 0 Å². The molecule has 0 saturated carbocycles. The van der Waals surface area contributed by atoms with Gasteiger partial charge in [0.25, 0.3) is 0 Å². The molecule has 5 heteroatoms. The average Bonchev–Trinajstić information content (AvgIpc) is 2.79. The van der Waals surface area contributed by atoms with Crippen molar-refractivity contribution in [1.82, 2.24) is 9.97 Å². The summed E-state index contributed by atoms with van der Waals surface area (Å²) < 4.78 is 10.4. The van der Waals surface area contributed by atoms with Crippen molar-refractivity contribution in [2.45, 2.75) is 6.92 Å². The van der Waals surface area contributed by atoms with Crippen molar-refractivity contribution in [3.05, 3.63) is 29.7 Å². The number of nitrogens with zero attached hydrogens (tertiary/aromatic N) is 2. The van der Waals surface area contributed by atoms with Crippen LogP contribution in [0.1, 0.15) is 11.5 Å². The highest BCUT2D eigenvalue weighted by molar-refractivity contribution is 5.66. The highest BCUT2D eigenvalue weighted by Crippen LogP contribution is 2.32. The molecule has 2 aromatic rings. The van der Waals surface area contributed by atoms with Crippen LogP contribution >= 0.6 is 0 Å². The Labute approximate surface area is 105 Å². The van der Waals surface area contributed by atoms with Crippen molar-refractivity contribution in [3.8, 4) is 28.8 Å². The second kappa shape index (κ2) is 4.80. The first-order chi connectivity index (χ1) is 8.69. The molecule has 0 atom stereocenters. The van der Waals surface area contributed by atoms with E-state index in [0.717, 1.165) is 17.0 Å².